The van der Waals surface area contributed by atoms with Crippen molar-refractivity contribution in [2.45, 2.75) is 49.7 Å². The van der Waals surface area contributed by atoms with E-state index in [1.807, 2.05) is 0 Å². The van der Waals surface area contributed by atoms with Gasteiger partial charge >= 0.3 is 6.09 Å². The number of nitrogens with zero attached hydrogens (tertiary/aromatic N) is 5. The molecular formula is C37H29ClF6N8O5S. The summed E-state index contributed by atoms with van der Waals surface area (Å²) in [6, 6.07) is 6.73. The Labute approximate surface area is 330 Å². The number of ether oxygens (including phenoxy) is 1. The number of nitrogens with one attached hydrogen (secondary N) is 3. The molecule has 1 saturated heterocycles. The van der Waals surface area contributed by atoms with E-state index < -0.39 is 87.9 Å². The number of sulfonamides is 1. The van der Waals surface area contributed by atoms with Gasteiger partial charge in [0.25, 0.3) is 12.3 Å². The molecule has 3 aliphatic rings. The van der Waals surface area contributed by atoms with Crippen LogP contribution < -0.4 is 15.4 Å². The minimum absolute atomic E-state index is 0.0120. The van der Waals surface area contributed by atoms with E-state index >= 15 is 8.78 Å². The van der Waals surface area contributed by atoms with Gasteiger partial charge < -0.3 is 15.4 Å². The molecule has 3 aromatic heterocycles. The number of rotatable bonds is 10. The van der Waals surface area contributed by atoms with E-state index in [1.54, 1.807) is 12.1 Å². The molecule has 0 spiro atoms. The maximum absolute atomic E-state index is 15.4. The van der Waals surface area contributed by atoms with Crippen molar-refractivity contribution in [1.29, 1.82) is 0 Å². The van der Waals surface area contributed by atoms with Gasteiger partial charge in [-0.05, 0) is 60.6 Å². The zero-order valence-electron chi connectivity index (χ0n) is 30.1. The third-order valence-electron chi connectivity index (χ3n) is 9.97. The summed E-state index contributed by atoms with van der Waals surface area (Å²) in [7, 11) is -2.32. The van der Waals surface area contributed by atoms with Gasteiger partial charge in [0.15, 0.2) is 5.82 Å². The smallest absolute Gasteiger partial charge is 0.408 e. The lowest BCUT2D eigenvalue weighted by atomic mass is 9.93. The lowest BCUT2D eigenvalue weighted by Crippen LogP contribution is -2.35. The first-order valence-corrected chi connectivity index (χ1v) is 19.8. The van der Waals surface area contributed by atoms with Crippen LogP contribution >= 0.6 is 11.6 Å². The number of halogens is 7. The van der Waals surface area contributed by atoms with Gasteiger partial charge in [-0.15, -0.1) is 0 Å². The fourth-order valence-electron chi connectivity index (χ4n) is 7.64. The number of benzene rings is 2. The predicted molar refractivity (Wildman–Crippen MR) is 195 cm³/mol. The number of anilines is 1. The van der Waals surface area contributed by atoms with E-state index in [2.05, 4.69) is 37.4 Å². The molecule has 2 aliphatic carbocycles. The van der Waals surface area contributed by atoms with Crippen LogP contribution in [-0.2, 0) is 45.5 Å². The summed E-state index contributed by atoms with van der Waals surface area (Å²) in [6.45, 7) is -0.986. The maximum Gasteiger partial charge on any atom is 0.408 e. The van der Waals surface area contributed by atoms with Crippen LogP contribution in [0.4, 0.5) is 37.0 Å². The Balaban J connectivity index is 1.27. The van der Waals surface area contributed by atoms with Crippen LogP contribution in [0.15, 0.2) is 42.5 Å². The van der Waals surface area contributed by atoms with Crippen LogP contribution in [0.3, 0.4) is 0 Å². The van der Waals surface area contributed by atoms with Gasteiger partial charge in [0.1, 0.15) is 47.9 Å². The van der Waals surface area contributed by atoms with Gasteiger partial charge in [-0.3, -0.25) is 18.9 Å². The van der Waals surface area contributed by atoms with Crippen molar-refractivity contribution in [2.24, 2.45) is 13.0 Å². The van der Waals surface area contributed by atoms with Crippen LogP contribution in [0.1, 0.15) is 58.7 Å². The average Bonchev–Trinajstić information content (AvgIpc) is 3.38. The van der Waals surface area contributed by atoms with Gasteiger partial charge in [-0.25, -0.2) is 35.8 Å². The molecule has 0 radical (unpaired) electrons. The SMILES string of the molecule is Cn1nc(NS(C)(=O)=O)c2c(Cl)ccc(-c3ccc(C#C[C@@H]4COC(=O)N4)nc3[C@H](Cc3cc(F)cc(F)c3)NC(=O)Cn3nc(C(F)F)c4c3C(F)(F)[C@@H]3C[C@H]43)c21. The van der Waals surface area contributed by atoms with Crippen LogP contribution in [0, 0.1) is 29.4 Å². The maximum atomic E-state index is 15.4. The lowest BCUT2D eigenvalue weighted by Gasteiger charge is -2.23. The summed E-state index contributed by atoms with van der Waals surface area (Å²) in [5, 5.41) is 13.6. The predicted octanol–water partition coefficient (Wildman–Crippen LogP) is 5.84. The molecule has 2 fully saturated rings. The van der Waals surface area contributed by atoms with Crippen molar-refractivity contribution < 1.29 is 49.1 Å². The molecule has 302 valence electrons. The standard InChI is InChI=1S/C37H29ClF6N8O5S/c1-51-32-22(7-8-25(38)29(32)35(49-51)50-58(2,55)56)21-6-5-19(3-4-20-15-57-36(54)46-20)45-30(21)26(11-16-9-17(39)12-18(40)10-16)47-27(53)14-52-33-28(31(48-52)34(41)42)23-13-24(23)37(33,43)44/h5-10,12,20,23-24,26,34H,11,13-15H2,1-2H3,(H,46,54)(H,47,53)(H,49,50)/t20-,23+,24-,26+/m1/s1. The summed E-state index contributed by atoms with van der Waals surface area (Å²) in [5.41, 5.74) is -0.833. The number of hydrogen-bond acceptors (Lipinski definition) is 8. The topological polar surface area (TPSA) is 162 Å². The van der Waals surface area contributed by atoms with E-state index in [-0.39, 0.29) is 63.8 Å². The fraction of sp³-hybridized carbons (Fsp3) is 0.324. The number of fused-ring (bicyclic) bond motifs is 4. The zero-order chi connectivity index (χ0) is 41.4. The first-order chi connectivity index (χ1) is 27.4. The van der Waals surface area contributed by atoms with E-state index in [9.17, 15) is 35.6 Å². The number of alkyl halides is 4. The van der Waals surface area contributed by atoms with Gasteiger partial charge in [0.2, 0.25) is 15.9 Å². The molecule has 0 bridgehead atoms. The van der Waals surface area contributed by atoms with Gasteiger partial charge in [0, 0.05) is 35.7 Å². The van der Waals surface area contributed by atoms with Crippen LogP contribution in [-0.4, -0.2) is 63.9 Å². The Morgan fingerprint density at radius 3 is 2.50 bits per heavy atom. The Morgan fingerprint density at radius 2 is 1.83 bits per heavy atom. The highest BCUT2D eigenvalue weighted by atomic mass is 35.5. The van der Waals surface area contributed by atoms with Crippen molar-refractivity contribution in [3.8, 4) is 23.0 Å². The van der Waals surface area contributed by atoms with Gasteiger partial charge in [-0.1, -0.05) is 23.6 Å². The number of carbonyl (C=O) groups excluding carboxylic acids is 2. The highest BCUT2D eigenvalue weighted by Gasteiger charge is 2.67. The molecule has 5 aromatic rings. The van der Waals surface area contributed by atoms with Crippen molar-refractivity contribution >= 4 is 50.3 Å². The third kappa shape index (κ3) is 7.28. The molecule has 4 heterocycles. The summed E-state index contributed by atoms with van der Waals surface area (Å²) in [6.07, 6.45) is -3.28. The molecule has 1 saturated carbocycles. The van der Waals surface area contributed by atoms with E-state index in [0.717, 1.165) is 18.4 Å². The van der Waals surface area contributed by atoms with Crippen LogP contribution in [0.25, 0.3) is 22.0 Å². The summed E-state index contributed by atoms with van der Waals surface area (Å²) in [5.74, 6) is -2.83. The molecule has 8 rings (SSSR count). The molecule has 2 amide bonds. The largest absolute Gasteiger partial charge is 0.446 e. The van der Waals surface area contributed by atoms with Crippen LogP contribution in [0.2, 0.25) is 5.02 Å². The number of pyridine rings is 1. The second kappa shape index (κ2) is 14.2. The number of aromatic nitrogens is 5. The second-order valence-electron chi connectivity index (χ2n) is 14.1. The first kappa shape index (κ1) is 39.0. The van der Waals surface area contributed by atoms with Crippen molar-refractivity contribution in [1.82, 2.24) is 35.2 Å². The van der Waals surface area contributed by atoms with E-state index in [1.165, 1.54) is 23.9 Å². The highest BCUT2D eigenvalue weighted by molar-refractivity contribution is 7.92. The number of hydrogen-bond donors (Lipinski definition) is 3. The monoisotopic (exact) mass is 846 g/mol. The molecule has 58 heavy (non-hydrogen) atoms. The second-order valence-corrected chi connectivity index (χ2v) is 16.3. The molecule has 3 N–H and O–H groups in total. The first-order valence-electron chi connectivity index (χ1n) is 17.5. The number of alkyl carbamates (subject to hydrolysis) is 1. The number of carbonyl (C=O) groups is 2. The third-order valence-corrected chi connectivity index (χ3v) is 10.8. The van der Waals surface area contributed by atoms with Gasteiger partial charge in [0.05, 0.1) is 33.9 Å². The quantitative estimate of drug-likeness (QED) is 0.117. The number of amides is 2. The minimum Gasteiger partial charge on any atom is -0.446 e. The fourth-order valence-corrected chi connectivity index (χ4v) is 8.37. The van der Waals surface area contributed by atoms with E-state index in [0.29, 0.717) is 21.8 Å². The molecule has 4 atom stereocenters. The molecule has 0 unspecified atom stereocenters. The Kier molecular flexibility index (Phi) is 9.58. The van der Waals surface area contributed by atoms with Crippen molar-refractivity contribution in [2.75, 3.05) is 17.6 Å². The number of cyclic esters (lactones) is 1. The molecule has 13 nitrogen and oxygen atoms in total. The molecular weight excluding hydrogens is 818 g/mol. The van der Waals surface area contributed by atoms with Crippen molar-refractivity contribution in [3.63, 3.8) is 0 Å². The highest BCUT2D eigenvalue weighted by Crippen LogP contribution is 2.68. The zero-order valence-corrected chi connectivity index (χ0v) is 31.7. The minimum atomic E-state index is -3.84. The molecule has 2 aromatic carbocycles. The molecule has 1 aliphatic heterocycles. The normalized spacial score (nSPS) is 19.6. The lowest BCUT2D eigenvalue weighted by molar-refractivity contribution is -0.123. The number of aryl methyl sites for hydroxylation is 1. The summed E-state index contributed by atoms with van der Waals surface area (Å²) < 4.78 is 122. The average molecular weight is 847 g/mol. The van der Waals surface area contributed by atoms with E-state index in [4.69, 9.17) is 21.3 Å². The molecule has 21 heteroatoms. The van der Waals surface area contributed by atoms with Gasteiger partial charge in [-0.2, -0.15) is 19.0 Å². The van der Waals surface area contributed by atoms with Crippen LogP contribution in [0.5, 0.6) is 0 Å². The Morgan fingerprint density at radius 1 is 1.10 bits per heavy atom. The summed E-state index contributed by atoms with van der Waals surface area (Å²) in [4.78, 5) is 30.3. The Hall–Kier alpha value is -5.81. The Bertz CT molecular complexity index is 2710. The van der Waals surface area contributed by atoms with Crippen molar-refractivity contribution in [3.05, 3.63) is 93.0 Å². The summed E-state index contributed by atoms with van der Waals surface area (Å²) >= 11 is 6.58.